The van der Waals surface area contributed by atoms with Gasteiger partial charge in [0.2, 0.25) is 0 Å². The van der Waals surface area contributed by atoms with Crippen LogP contribution >= 0.6 is 11.6 Å². The molecule has 0 spiro atoms. The van der Waals surface area contributed by atoms with Crippen molar-refractivity contribution in [1.29, 1.82) is 5.26 Å². The molecule has 0 radical (unpaired) electrons. The fourth-order valence-electron chi connectivity index (χ4n) is 1.89. The zero-order valence-corrected chi connectivity index (χ0v) is 11.8. The summed E-state index contributed by atoms with van der Waals surface area (Å²) in [5.74, 6) is 1.47. The number of para-hydroxylation sites is 1. The molecule has 0 atom stereocenters. The molecular formula is C15H14ClN3O. The quantitative estimate of drug-likeness (QED) is 0.858. The van der Waals surface area contributed by atoms with E-state index in [1.165, 1.54) is 6.07 Å². The normalized spacial score (nSPS) is 9.85. The first-order valence-electron chi connectivity index (χ1n) is 6.16. The Morgan fingerprint density at radius 2 is 2.15 bits per heavy atom. The first-order chi connectivity index (χ1) is 9.72. The van der Waals surface area contributed by atoms with Crippen molar-refractivity contribution in [3.8, 4) is 11.8 Å². The Balaban J connectivity index is 1.99. The fraction of sp³-hybridized carbons (Fsp3) is 0.200. The average molecular weight is 288 g/mol. The number of pyridine rings is 1. The molecule has 0 unspecified atom stereocenters. The summed E-state index contributed by atoms with van der Waals surface area (Å²) in [7, 11) is 1.66. The lowest BCUT2D eigenvalue weighted by Gasteiger charge is -2.09. The van der Waals surface area contributed by atoms with E-state index in [1.807, 2.05) is 24.3 Å². The molecule has 102 valence electrons. The van der Waals surface area contributed by atoms with Crippen LogP contribution in [0, 0.1) is 11.3 Å². The highest BCUT2D eigenvalue weighted by atomic mass is 35.5. The van der Waals surface area contributed by atoms with Gasteiger partial charge in [-0.2, -0.15) is 5.26 Å². The van der Waals surface area contributed by atoms with Gasteiger partial charge in [0.15, 0.2) is 0 Å². The van der Waals surface area contributed by atoms with Crippen LogP contribution in [0.3, 0.4) is 0 Å². The fourth-order valence-corrected chi connectivity index (χ4v) is 2.10. The van der Waals surface area contributed by atoms with Crippen LogP contribution in [0.1, 0.15) is 11.1 Å². The lowest BCUT2D eigenvalue weighted by Crippen LogP contribution is -2.07. The molecule has 1 heterocycles. The number of methoxy groups -OCH3 is 1. The summed E-state index contributed by atoms with van der Waals surface area (Å²) < 4.78 is 5.30. The topological polar surface area (TPSA) is 57.9 Å². The standard InChI is InChI=1S/C15H14ClN3O/c1-20-13-5-3-2-4-12(13)6-7-18-15-9-11(10-17)8-14(16)19-15/h2-5,8-9H,6-7H2,1H3,(H,18,19). The Bertz CT molecular complexity index is 637. The zero-order chi connectivity index (χ0) is 14.4. The molecule has 0 saturated heterocycles. The van der Waals surface area contributed by atoms with Crippen molar-refractivity contribution >= 4 is 17.4 Å². The molecule has 0 aliphatic rings. The Kier molecular flexibility index (Phi) is 4.80. The third-order valence-corrected chi connectivity index (χ3v) is 3.01. The van der Waals surface area contributed by atoms with Crippen molar-refractivity contribution in [2.45, 2.75) is 6.42 Å². The number of anilines is 1. The molecule has 0 aliphatic heterocycles. The van der Waals surface area contributed by atoms with E-state index in [4.69, 9.17) is 21.6 Å². The summed E-state index contributed by atoms with van der Waals surface area (Å²) in [6, 6.07) is 13.1. The van der Waals surface area contributed by atoms with Crippen LogP contribution in [-0.2, 0) is 6.42 Å². The van der Waals surface area contributed by atoms with Crippen molar-refractivity contribution in [3.63, 3.8) is 0 Å². The van der Waals surface area contributed by atoms with E-state index in [-0.39, 0.29) is 0 Å². The van der Waals surface area contributed by atoms with Crippen LogP contribution < -0.4 is 10.1 Å². The first kappa shape index (κ1) is 14.2. The molecule has 1 N–H and O–H groups in total. The molecule has 20 heavy (non-hydrogen) atoms. The molecule has 0 amide bonds. The molecule has 2 aromatic rings. The summed E-state index contributed by atoms with van der Waals surface area (Å²) >= 11 is 5.85. The third-order valence-electron chi connectivity index (χ3n) is 2.82. The number of nitrogens with zero attached hydrogens (tertiary/aromatic N) is 2. The van der Waals surface area contributed by atoms with Gasteiger partial charge in [-0.1, -0.05) is 29.8 Å². The van der Waals surface area contributed by atoms with Gasteiger partial charge in [0, 0.05) is 6.54 Å². The summed E-state index contributed by atoms with van der Waals surface area (Å²) in [5.41, 5.74) is 1.61. The van der Waals surface area contributed by atoms with Gasteiger partial charge in [0.1, 0.15) is 16.7 Å². The van der Waals surface area contributed by atoms with E-state index in [1.54, 1.807) is 13.2 Å². The van der Waals surface area contributed by atoms with Crippen molar-refractivity contribution in [3.05, 3.63) is 52.7 Å². The molecule has 0 saturated carbocycles. The summed E-state index contributed by atoms with van der Waals surface area (Å²) in [6.07, 6.45) is 0.792. The minimum absolute atomic E-state index is 0.309. The zero-order valence-electron chi connectivity index (χ0n) is 11.1. The number of aromatic nitrogens is 1. The number of ether oxygens (including phenoxy) is 1. The van der Waals surface area contributed by atoms with Crippen molar-refractivity contribution < 1.29 is 4.74 Å². The maximum absolute atomic E-state index is 8.88. The van der Waals surface area contributed by atoms with Crippen LogP contribution in [0.25, 0.3) is 0 Å². The molecule has 4 nitrogen and oxygen atoms in total. The van der Waals surface area contributed by atoms with Crippen LogP contribution in [0.2, 0.25) is 5.15 Å². The summed E-state index contributed by atoms with van der Waals surface area (Å²) in [4.78, 5) is 4.13. The highest BCUT2D eigenvalue weighted by molar-refractivity contribution is 6.29. The maximum atomic E-state index is 8.88. The van der Waals surface area contributed by atoms with E-state index >= 15 is 0 Å². The predicted octanol–water partition coefficient (Wildman–Crippen LogP) is 3.27. The molecule has 1 aromatic heterocycles. The Hall–Kier alpha value is -2.25. The van der Waals surface area contributed by atoms with Crippen LogP contribution in [0.15, 0.2) is 36.4 Å². The Morgan fingerprint density at radius 3 is 2.90 bits per heavy atom. The Labute approximate surface area is 123 Å². The van der Waals surface area contributed by atoms with Gasteiger partial charge >= 0.3 is 0 Å². The van der Waals surface area contributed by atoms with Gasteiger partial charge in [0.05, 0.1) is 18.7 Å². The molecule has 2 rings (SSSR count). The number of halogens is 1. The van der Waals surface area contributed by atoms with Gasteiger partial charge in [-0.25, -0.2) is 4.98 Å². The number of nitriles is 1. The summed E-state index contributed by atoms with van der Waals surface area (Å²) in [5, 5.41) is 12.3. The second-order valence-corrected chi connectivity index (χ2v) is 4.55. The van der Waals surface area contributed by atoms with Crippen LogP contribution in [-0.4, -0.2) is 18.6 Å². The molecule has 0 aliphatic carbocycles. The minimum Gasteiger partial charge on any atom is -0.496 e. The number of hydrogen-bond donors (Lipinski definition) is 1. The van der Waals surface area contributed by atoms with E-state index in [0.717, 1.165) is 17.7 Å². The van der Waals surface area contributed by atoms with E-state index in [2.05, 4.69) is 16.4 Å². The molecule has 1 aromatic carbocycles. The first-order valence-corrected chi connectivity index (χ1v) is 6.54. The monoisotopic (exact) mass is 287 g/mol. The lowest BCUT2D eigenvalue weighted by atomic mass is 10.1. The van der Waals surface area contributed by atoms with E-state index in [0.29, 0.717) is 23.1 Å². The van der Waals surface area contributed by atoms with Crippen LogP contribution in [0.5, 0.6) is 5.75 Å². The minimum atomic E-state index is 0.309. The van der Waals surface area contributed by atoms with Gasteiger partial charge in [-0.15, -0.1) is 0 Å². The highest BCUT2D eigenvalue weighted by Gasteiger charge is 2.03. The van der Waals surface area contributed by atoms with Crippen molar-refractivity contribution in [2.75, 3.05) is 19.0 Å². The van der Waals surface area contributed by atoms with E-state index in [9.17, 15) is 0 Å². The smallest absolute Gasteiger partial charge is 0.132 e. The molecular weight excluding hydrogens is 274 g/mol. The number of rotatable bonds is 5. The van der Waals surface area contributed by atoms with Gasteiger partial charge in [-0.3, -0.25) is 0 Å². The maximum Gasteiger partial charge on any atom is 0.132 e. The molecule has 0 fully saturated rings. The van der Waals surface area contributed by atoms with Gasteiger partial charge in [0.25, 0.3) is 0 Å². The third kappa shape index (κ3) is 3.62. The van der Waals surface area contributed by atoms with Crippen LogP contribution in [0.4, 0.5) is 5.82 Å². The molecule has 0 bridgehead atoms. The van der Waals surface area contributed by atoms with Crippen molar-refractivity contribution in [1.82, 2.24) is 4.98 Å². The van der Waals surface area contributed by atoms with Gasteiger partial charge < -0.3 is 10.1 Å². The number of nitrogens with one attached hydrogen (secondary N) is 1. The second-order valence-electron chi connectivity index (χ2n) is 4.16. The lowest BCUT2D eigenvalue weighted by molar-refractivity contribution is 0.410. The highest BCUT2D eigenvalue weighted by Crippen LogP contribution is 2.18. The van der Waals surface area contributed by atoms with Gasteiger partial charge in [-0.05, 0) is 30.2 Å². The summed E-state index contributed by atoms with van der Waals surface area (Å²) in [6.45, 7) is 0.679. The average Bonchev–Trinajstić information content (AvgIpc) is 2.47. The largest absolute Gasteiger partial charge is 0.496 e. The molecule has 5 heteroatoms. The van der Waals surface area contributed by atoms with E-state index < -0.39 is 0 Å². The number of benzene rings is 1. The Morgan fingerprint density at radius 1 is 1.35 bits per heavy atom. The van der Waals surface area contributed by atoms with Crippen molar-refractivity contribution in [2.24, 2.45) is 0 Å². The SMILES string of the molecule is COc1ccccc1CCNc1cc(C#N)cc(Cl)n1. The number of hydrogen-bond acceptors (Lipinski definition) is 4. The predicted molar refractivity (Wildman–Crippen MR) is 79.1 cm³/mol. The second kappa shape index (κ2) is 6.78.